The maximum Gasteiger partial charge on any atom is 0.114 e. The van der Waals surface area contributed by atoms with E-state index in [4.69, 9.17) is 39.6 Å². The molecule has 0 saturated heterocycles. The molecule has 0 radical (unpaired) electrons. The van der Waals surface area contributed by atoms with Gasteiger partial charge in [-0.25, -0.2) is 0 Å². The minimum absolute atomic E-state index is 0.526. The maximum atomic E-state index is 6.05. The van der Waals surface area contributed by atoms with Crippen molar-refractivity contribution in [2.45, 2.75) is 20.3 Å². The SMILES string of the molecule is CCO/N=C(\C)Cc1c(Cl)cc(Cl)cc1Cl. The third kappa shape index (κ3) is 3.85. The van der Waals surface area contributed by atoms with Crippen molar-refractivity contribution in [3.05, 3.63) is 32.8 Å². The molecule has 2 nitrogen and oxygen atoms in total. The Hall–Kier alpha value is -0.440. The monoisotopic (exact) mass is 279 g/mol. The lowest BCUT2D eigenvalue weighted by Gasteiger charge is -2.07. The molecule has 1 aromatic carbocycles. The van der Waals surface area contributed by atoms with Crippen LogP contribution in [0.1, 0.15) is 19.4 Å². The molecule has 0 heterocycles. The summed E-state index contributed by atoms with van der Waals surface area (Å²) in [5.74, 6) is 0. The van der Waals surface area contributed by atoms with Crippen LogP contribution in [0.3, 0.4) is 0 Å². The molecule has 1 rings (SSSR count). The highest BCUT2D eigenvalue weighted by Gasteiger charge is 2.09. The van der Waals surface area contributed by atoms with Gasteiger partial charge >= 0.3 is 0 Å². The first kappa shape index (κ1) is 13.6. The Morgan fingerprint density at radius 3 is 2.31 bits per heavy atom. The number of halogens is 3. The van der Waals surface area contributed by atoms with Crippen LogP contribution in [0.25, 0.3) is 0 Å². The first-order valence-corrected chi connectivity index (χ1v) is 5.96. The van der Waals surface area contributed by atoms with Crippen LogP contribution >= 0.6 is 34.8 Å². The molecule has 16 heavy (non-hydrogen) atoms. The van der Waals surface area contributed by atoms with Gasteiger partial charge < -0.3 is 4.84 Å². The summed E-state index contributed by atoms with van der Waals surface area (Å²) in [7, 11) is 0. The van der Waals surface area contributed by atoms with E-state index in [1.54, 1.807) is 12.1 Å². The van der Waals surface area contributed by atoms with Crippen molar-refractivity contribution in [2.24, 2.45) is 5.16 Å². The first-order valence-electron chi connectivity index (χ1n) is 4.83. The molecule has 0 unspecified atom stereocenters. The summed E-state index contributed by atoms with van der Waals surface area (Å²) in [4.78, 5) is 4.95. The number of rotatable bonds is 4. The predicted octanol–water partition coefficient (Wildman–Crippen LogP) is 4.60. The topological polar surface area (TPSA) is 21.6 Å². The van der Waals surface area contributed by atoms with Gasteiger partial charge in [0.25, 0.3) is 0 Å². The van der Waals surface area contributed by atoms with E-state index in [1.165, 1.54) is 0 Å². The molecule has 0 fully saturated rings. The molecule has 0 N–H and O–H groups in total. The van der Waals surface area contributed by atoms with Gasteiger partial charge in [0.1, 0.15) is 6.61 Å². The molecule has 0 aliphatic rings. The maximum absolute atomic E-state index is 6.05. The summed E-state index contributed by atoms with van der Waals surface area (Å²) in [5.41, 5.74) is 1.63. The Morgan fingerprint density at radius 2 is 1.81 bits per heavy atom. The predicted molar refractivity (Wildman–Crippen MR) is 69.9 cm³/mol. The van der Waals surface area contributed by atoms with E-state index in [2.05, 4.69) is 5.16 Å². The number of benzene rings is 1. The van der Waals surface area contributed by atoms with Crippen LogP contribution in [0.15, 0.2) is 17.3 Å². The molecule has 0 spiro atoms. The summed E-state index contributed by atoms with van der Waals surface area (Å²) < 4.78 is 0. The second kappa shape index (κ2) is 6.33. The Balaban J connectivity index is 2.89. The fourth-order valence-corrected chi connectivity index (χ4v) is 2.15. The van der Waals surface area contributed by atoms with Crippen molar-refractivity contribution in [3.8, 4) is 0 Å². The van der Waals surface area contributed by atoms with Gasteiger partial charge in [-0.1, -0.05) is 40.0 Å². The lowest BCUT2D eigenvalue weighted by molar-refractivity contribution is 0.158. The number of oxime groups is 1. The molecule has 88 valence electrons. The number of hydrogen-bond acceptors (Lipinski definition) is 2. The van der Waals surface area contributed by atoms with Gasteiger partial charge in [0.05, 0.1) is 5.71 Å². The molecule has 0 atom stereocenters. The summed E-state index contributed by atoms with van der Waals surface area (Å²) in [6.07, 6.45) is 0.550. The van der Waals surface area contributed by atoms with E-state index < -0.39 is 0 Å². The van der Waals surface area contributed by atoms with Gasteiger partial charge in [0.15, 0.2) is 0 Å². The zero-order chi connectivity index (χ0) is 12.1. The van der Waals surface area contributed by atoms with Crippen molar-refractivity contribution in [1.29, 1.82) is 0 Å². The Labute approximate surface area is 110 Å². The highest BCUT2D eigenvalue weighted by Crippen LogP contribution is 2.29. The van der Waals surface area contributed by atoms with E-state index >= 15 is 0 Å². The van der Waals surface area contributed by atoms with E-state index in [0.717, 1.165) is 11.3 Å². The van der Waals surface area contributed by atoms with Crippen LogP contribution in [0, 0.1) is 0 Å². The van der Waals surface area contributed by atoms with Crippen molar-refractivity contribution >= 4 is 40.5 Å². The minimum atomic E-state index is 0.526. The van der Waals surface area contributed by atoms with Crippen LogP contribution in [0.4, 0.5) is 0 Å². The lowest BCUT2D eigenvalue weighted by atomic mass is 10.1. The Bertz CT molecular complexity index is 381. The van der Waals surface area contributed by atoms with E-state index in [1.807, 2.05) is 13.8 Å². The smallest absolute Gasteiger partial charge is 0.114 e. The van der Waals surface area contributed by atoms with Crippen molar-refractivity contribution in [1.82, 2.24) is 0 Å². The van der Waals surface area contributed by atoms with Gasteiger partial charge in [-0.15, -0.1) is 0 Å². The van der Waals surface area contributed by atoms with E-state index in [-0.39, 0.29) is 0 Å². The molecule has 0 saturated carbocycles. The number of hydrogen-bond donors (Lipinski definition) is 0. The third-order valence-electron chi connectivity index (χ3n) is 1.89. The molecular weight excluding hydrogens is 268 g/mol. The van der Waals surface area contributed by atoms with Crippen molar-refractivity contribution in [2.75, 3.05) is 6.61 Å². The summed E-state index contributed by atoms with van der Waals surface area (Å²) in [6.45, 7) is 4.27. The number of nitrogens with zero attached hydrogens (tertiary/aromatic N) is 1. The van der Waals surface area contributed by atoms with Gasteiger partial charge in [-0.05, 0) is 31.5 Å². The molecule has 1 aromatic rings. The van der Waals surface area contributed by atoms with Crippen LogP contribution in [-0.4, -0.2) is 12.3 Å². The Morgan fingerprint density at radius 1 is 1.25 bits per heavy atom. The standard InChI is InChI=1S/C11H12Cl3NO/c1-3-16-15-7(2)4-9-10(13)5-8(12)6-11(9)14/h5-6H,3-4H2,1-2H3/b15-7+. The second-order valence-corrected chi connectivity index (χ2v) is 4.52. The van der Waals surface area contributed by atoms with E-state index in [0.29, 0.717) is 28.1 Å². The summed E-state index contributed by atoms with van der Waals surface area (Å²) >= 11 is 17.9. The zero-order valence-corrected chi connectivity index (χ0v) is 11.3. The highest BCUT2D eigenvalue weighted by molar-refractivity contribution is 6.39. The van der Waals surface area contributed by atoms with E-state index in [9.17, 15) is 0 Å². The molecule has 0 aromatic heterocycles. The molecule has 0 bridgehead atoms. The van der Waals surface area contributed by atoms with Crippen LogP contribution in [0.5, 0.6) is 0 Å². The average molecular weight is 281 g/mol. The fraction of sp³-hybridized carbons (Fsp3) is 0.364. The largest absolute Gasteiger partial charge is 0.396 e. The lowest BCUT2D eigenvalue weighted by Crippen LogP contribution is -2.00. The minimum Gasteiger partial charge on any atom is -0.396 e. The van der Waals surface area contributed by atoms with Crippen LogP contribution in [0.2, 0.25) is 15.1 Å². The van der Waals surface area contributed by atoms with Crippen LogP contribution in [-0.2, 0) is 11.3 Å². The second-order valence-electron chi connectivity index (χ2n) is 3.27. The summed E-state index contributed by atoms with van der Waals surface area (Å²) in [5, 5.41) is 5.52. The van der Waals surface area contributed by atoms with Crippen LogP contribution < -0.4 is 0 Å². The summed E-state index contributed by atoms with van der Waals surface area (Å²) in [6, 6.07) is 3.33. The third-order valence-corrected chi connectivity index (χ3v) is 2.78. The normalized spacial score (nSPS) is 11.7. The molecule has 5 heteroatoms. The molecular formula is C11H12Cl3NO. The van der Waals surface area contributed by atoms with Gasteiger partial charge in [0.2, 0.25) is 0 Å². The Kier molecular flexibility index (Phi) is 5.39. The molecule has 0 aliphatic heterocycles. The zero-order valence-electron chi connectivity index (χ0n) is 9.06. The van der Waals surface area contributed by atoms with Gasteiger partial charge in [-0.3, -0.25) is 0 Å². The van der Waals surface area contributed by atoms with Gasteiger partial charge in [0, 0.05) is 21.5 Å². The average Bonchev–Trinajstić information content (AvgIpc) is 2.20. The fourth-order valence-electron chi connectivity index (χ4n) is 1.20. The first-order chi connectivity index (χ1) is 7.54. The van der Waals surface area contributed by atoms with Crippen molar-refractivity contribution < 1.29 is 4.84 Å². The quantitative estimate of drug-likeness (QED) is 0.583. The molecule has 0 amide bonds. The van der Waals surface area contributed by atoms with Crippen molar-refractivity contribution in [3.63, 3.8) is 0 Å². The highest BCUT2D eigenvalue weighted by atomic mass is 35.5. The molecule has 0 aliphatic carbocycles. The van der Waals surface area contributed by atoms with Gasteiger partial charge in [-0.2, -0.15) is 0 Å².